The van der Waals surface area contributed by atoms with Gasteiger partial charge in [-0.2, -0.15) is 0 Å². The third kappa shape index (κ3) is 5.77. The fourth-order valence-corrected chi connectivity index (χ4v) is 5.75. The molecular weight excluding hydrogens is 524 g/mol. The Kier molecular flexibility index (Phi) is 7.86. The van der Waals surface area contributed by atoms with Crippen LogP contribution in [0.25, 0.3) is 0 Å². The Labute approximate surface area is 231 Å². The van der Waals surface area contributed by atoms with E-state index in [0.717, 1.165) is 5.56 Å². The van der Waals surface area contributed by atoms with Crippen LogP contribution < -0.4 is 10.2 Å². The van der Waals surface area contributed by atoms with Gasteiger partial charge in [0.25, 0.3) is 0 Å². The van der Waals surface area contributed by atoms with Crippen molar-refractivity contribution in [3.8, 4) is 0 Å². The van der Waals surface area contributed by atoms with Crippen molar-refractivity contribution in [3.05, 3.63) is 100 Å². The molecule has 0 saturated carbocycles. The number of carbonyl (C=O) groups is 2. The number of nitrogens with zero attached hydrogens (tertiary/aromatic N) is 2. The van der Waals surface area contributed by atoms with E-state index in [1.165, 1.54) is 29.2 Å². The standard InChI is InChI=1S/C30H30ClF2N3O3/c1-35(19-20-3-2-4-22(31)17-20)28(37)25(21-5-7-23(32)8-6-21)11-16-36-27-10-9-24(33)18-26(27)30(39-29(36)38)12-14-34-15-13-30/h2-10,17-18,25,34H,11-16,19H2,1H3. The Morgan fingerprint density at radius 3 is 2.51 bits per heavy atom. The maximum atomic E-state index is 14.4. The molecule has 39 heavy (non-hydrogen) atoms. The highest BCUT2D eigenvalue weighted by atomic mass is 35.5. The van der Waals surface area contributed by atoms with E-state index in [9.17, 15) is 18.4 Å². The van der Waals surface area contributed by atoms with Gasteiger partial charge >= 0.3 is 6.09 Å². The summed E-state index contributed by atoms with van der Waals surface area (Å²) < 4.78 is 34.1. The highest BCUT2D eigenvalue weighted by Crippen LogP contribution is 2.45. The first-order valence-electron chi connectivity index (χ1n) is 13.0. The van der Waals surface area contributed by atoms with Crippen LogP contribution >= 0.6 is 11.6 Å². The van der Waals surface area contributed by atoms with Crippen molar-refractivity contribution < 1.29 is 23.1 Å². The minimum absolute atomic E-state index is 0.157. The van der Waals surface area contributed by atoms with E-state index in [1.54, 1.807) is 42.3 Å². The first-order valence-corrected chi connectivity index (χ1v) is 13.4. The van der Waals surface area contributed by atoms with Crippen LogP contribution in [0.2, 0.25) is 5.02 Å². The van der Waals surface area contributed by atoms with E-state index in [2.05, 4.69) is 5.32 Å². The Balaban J connectivity index is 1.41. The summed E-state index contributed by atoms with van der Waals surface area (Å²) in [6.07, 6.45) is 0.834. The minimum Gasteiger partial charge on any atom is -0.437 e. The largest absolute Gasteiger partial charge is 0.437 e. The van der Waals surface area contributed by atoms with Crippen molar-refractivity contribution in [2.75, 3.05) is 31.6 Å². The van der Waals surface area contributed by atoms with Gasteiger partial charge in [0.2, 0.25) is 5.91 Å². The predicted octanol–water partition coefficient (Wildman–Crippen LogP) is 5.99. The number of hydrogen-bond acceptors (Lipinski definition) is 4. The molecule has 5 rings (SSSR count). The number of fused-ring (bicyclic) bond motifs is 2. The van der Waals surface area contributed by atoms with Gasteiger partial charge in [0.1, 0.15) is 17.2 Å². The average molecular weight is 554 g/mol. The molecule has 0 aliphatic carbocycles. The Morgan fingerprint density at radius 1 is 1.08 bits per heavy atom. The summed E-state index contributed by atoms with van der Waals surface area (Å²) in [7, 11) is 1.70. The van der Waals surface area contributed by atoms with Gasteiger partial charge in [-0.25, -0.2) is 13.6 Å². The van der Waals surface area contributed by atoms with Gasteiger partial charge in [0, 0.05) is 43.6 Å². The number of rotatable bonds is 7. The van der Waals surface area contributed by atoms with Crippen LogP contribution in [-0.4, -0.2) is 43.6 Å². The number of carbonyl (C=O) groups excluding carboxylic acids is 2. The summed E-state index contributed by atoms with van der Waals surface area (Å²) in [5, 5.41) is 3.84. The molecule has 3 aromatic rings. The maximum absolute atomic E-state index is 14.4. The number of anilines is 1. The van der Waals surface area contributed by atoms with Crippen molar-refractivity contribution in [2.45, 2.75) is 37.3 Å². The monoisotopic (exact) mass is 553 g/mol. The average Bonchev–Trinajstić information content (AvgIpc) is 2.92. The molecule has 6 nitrogen and oxygen atoms in total. The number of likely N-dealkylation sites (N-methyl/N-ethyl adjacent to an activating group) is 1. The van der Waals surface area contributed by atoms with Gasteiger partial charge in [-0.15, -0.1) is 0 Å². The first kappa shape index (κ1) is 27.1. The quantitative estimate of drug-likeness (QED) is 0.391. The van der Waals surface area contributed by atoms with Crippen molar-refractivity contribution in [1.29, 1.82) is 0 Å². The van der Waals surface area contributed by atoms with Gasteiger partial charge in [0.05, 0.1) is 11.6 Å². The molecule has 0 radical (unpaired) electrons. The number of amides is 2. The van der Waals surface area contributed by atoms with Crippen LogP contribution in [0, 0.1) is 11.6 Å². The Morgan fingerprint density at radius 2 is 1.79 bits per heavy atom. The summed E-state index contributed by atoms with van der Waals surface area (Å²) in [6, 6.07) is 17.5. The molecular formula is C30H30ClF2N3O3. The fraction of sp³-hybridized carbons (Fsp3) is 0.333. The second-order valence-corrected chi connectivity index (χ2v) is 10.6. The summed E-state index contributed by atoms with van der Waals surface area (Å²) in [5.41, 5.74) is 1.87. The molecule has 0 bridgehead atoms. The van der Waals surface area contributed by atoms with E-state index < -0.39 is 29.2 Å². The van der Waals surface area contributed by atoms with E-state index in [-0.39, 0.29) is 18.9 Å². The SMILES string of the molecule is CN(Cc1cccc(Cl)c1)C(=O)C(CCN1C(=O)OC2(CCNCC2)c2cc(F)ccc21)c1ccc(F)cc1. The number of piperidine rings is 1. The number of benzene rings is 3. The van der Waals surface area contributed by atoms with Crippen LogP contribution in [-0.2, 0) is 21.7 Å². The van der Waals surface area contributed by atoms with E-state index >= 15 is 0 Å². The highest BCUT2D eigenvalue weighted by Gasteiger charge is 2.46. The molecule has 1 unspecified atom stereocenters. The fourth-order valence-electron chi connectivity index (χ4n) is 5.54. The molecule has 2 aliphatic rings. The third-order valence-corrected chi connectivity index (χ3v) is 7.79. The number of hydrogen-bond donors (Lipinski definition) is 1. The lowest BCUT2D eigenvalue weighted by Crippen LogP contribution is -2.51. The summed E-state index contributed by atoms with van der Waals surface area (Å²) in [6.45, 7) is 1.80. The summed E-state index contributed by atoms with van der Waals surface area (Å²) in [4.78, 5) is 30.1. The van der Waals surface area contributed by atoms with Crippen molar-refractivity contribution >= 4 is 29.3 Å². The van der Waals surface area contributed by atoms with Crippen LogP contribution in [0.15, 0.2) is 66.7 Å². The van der Waals surface area contributed by atoms with E-state index in [0.29, 0.717) is 54.3 Å². The zero-order valence-corrected chi connectivity index (χ0v) is 22.4. The number of nitrogens with one attached hydrogen (secondary N) is 1. The first-order chi connectivity index (χ1) is 18.8. The summed E-state index contributed by atoms with van der Waals surface area (Å²) >= 11 is 6.12. The number of ether oxygens (including phenoxy) is 1. The molecule has 1 fully saturated rings. The maximum Gasteiger partial charge on any atom is 0.415 e. The van der Waals surface area contributed by atoms with Crippen LogP contribution in [0.5, 0.6) is 0 Å². The lowest BCUT2D eigenvalue weighted by molar-refractivity contribution is -0.132. The second-order valence-electron chi connectivity index (χ2n) is 10.1. The molecule has 3 aromatic carbocycles. The third-order valence-electron chi connectivity index (χ3n) is 7.55. The molecule has 1 N–H and O–H groups in total. The molecule has 0 aromatic heterocycles. The molecule has 9 heteroatoms. The van der Waals surface area contributed by atoms with Gasteiger partial charge in [0.15, 0.2) is 0 Å². The van der Waals surface area contributed by atoms with Crippen molar-refractivity contribution in [2.24, 2.45) is 0 Å². The van der Waals surface area contributed by atoms with Crippen molar-refractivity contribution in [1.82, 2.24) is 10.2 Å². The lowest BCUT2D eigenvalue weighted by atomic mass is 9.82. The topological polar surface area (TPSA) is 61.9 Å². The summed E-state index contributed by atoms with van der Waals surface area (Å²) in [5.74, 6) is -1.63. The Hall–Kier alpha value is -3.49. The highest BCUT2D eigenvalue weighted by molar-refractivity contribution is 6.30. The molecule has 2 amide bonds. The van der Waals surface area contributed by atoms with Crippen LogP contribution in [0.3, 0.4) is 0 Å². The Bertz CT molecular complexity index is 1360. The van der Waals surface area contributed by atoms with Gasteiger partial charge in [-0.1, -0.05) is 35.9 Å². The molecule has 1 atom stereocenters. The van der Waals surface area contributed by atoms with Crippen LogP contribution in [0.1, 0.15) is 41.9 Å². The van der Waals surface area contributed by atoms with Gasteiger partial charge in [-0.05, 0) is 73.1 Å². The molecule has 204 valence electrons. The number of halogens is 3. The molecule has 1 saturated heterocycles. The second kappa shape index (κ2) is 11.3. The molecule has 1 spiro atoms. The zero-order valence-electron chi connectivity index (χ0n) is 21.6. The van der Waals surface area contributed by atoms with Crippen LogP contribution in [0.4, 0.5) is 19.3 Å². The van der Waals surface area contributed by atoms with Gasteiger partial charge in [-0.3, -0.25) is 9.69 Å². The lowest BCUT2D eigenvalue weighted by Gasteiger charge is -2.45. The zero-order chi connectivity index (χ0) is 27.6. The molecule has 2 aliphatic heterocycles. The normalized spacial score (nSPS) is 16.9. The molecule has 2 heterocycles. The van der Waals surface area contributed by atoms with Crippen molar-refractivity contribution in [3.63, 3.8) is 0 Å². The van der Waals surface area contributed by atoms with E-state index in [4.69, 9.17) is 16.3 Å². The smallest absolute Gasteiger partial charge is 0.415 e. The minimum atomic E-state index is -0.875. The van der Waals surface area contributed by atoms with Gasteiger partial charge < -0.3 is 15.0 Å². The predicted molar refractivity (Wildman–Crippen MR) is 146 cm³/mol. The van der Waals surface area contributed by atoms with E-state index in [1.807, 2.05) is 12.1 Å².